The van der Waals surface area contributed by atoms with Gasteiger partial charge in [-0.15, -0.1) is 0 Å². The summed E-state index contributed by atoms with van der Waals surface area (Å²) in [5, 5.41) is 2.10. The van der Waals surface area contributed by atoms with E-state index in [0.29, 0.717) is 5.76 Å². The van der Waals surface area contributed by atoms with E-state index in [-0.39, 0.29) is 11.4 Å². The second-order valence-corrected chi connectivity index (χ2v) is 4.16. The predicted molar refractivity (Wildman–Crippen MR) is 68.7 cm³/mol. The van der Waals surface area contributed by atoms with Gasteiger partial charge >= 0.3 is 5.97 Å². The van der Waals surface area contributed by atoms with Gasteiger partial charge in [0.25, 0.3) is 5.91 Å². The van der Waals surface area contributed by atoms with E-state index < -0.39 is 30.1 Å². The number of furan rings is 1. The van der Waals surface area contributed by atoms with Gasteiger partial charge in [0.1, 0.15) is 17.4 Å². The molecule has 0 saturated carbocycles. The maximum atomic E-state index is 13.3. The third-order valence-electron chi connectivity index (χ3n) is 2.48. The van der Waals surface area contributed by atoms with Gasteiger partial charge in [-0.05, 0) is 31.2 Å². The lowest BCUT2D eigenvalue weighted by Crippen LogP contribution is -2.21. The molecule has 0 atom stereocenters. The molecule has 0 unspecified atom stereocenters. The largest absolute Gasteiger partial charge is 0.454 e. The van der Waals surface area contributed by atoms with E-state index in [1.807, 2.05) is 0 Å². The Kier molecular flexibility index (Phi) is 4.32. The zero-order valence-electron chi connectivity index (χ0n) is 11.0. The van der Waals surface area contributed by atoms with Crippen LogP contribution in [0.5, 0.6) is 0 Å². The summed E-state index contributed by atoms with van der Waals surface area (Å²) in [6.07, 6.45) is 0. The number of rotatable bonds is 4. The lowest BCUT2D eigenvalue weighted by Gasteiger charge is -2.06. The average Bonchev–Trinajstić information content (AvgIpc) is 2.87. The van der Waals surface area contributed by atoms with Crippen molar-refractivity contribution in [1.29, 1.82) is 0 Å². The van der Waals surface area contributed by atoms with Crippen LogP contribution in [0.25, 0.3) is 0 Å². The molecule has 0 spiro atoms. The molecule has 0 bridgehead atoms. The van der Waals surface area contributed by atoms with Crippen LogP contribution in [0, 0.1) is 18.6 Å². The van der Waals surface area contributed by atoms with Crippen LogP contribution in [0.15, 0.2) is 34.7 Å². The summed E-state index contributed by atoms with van der Waals surface area (Å²) in [4.78, 5) is 23.0. The van der Waals surface area contributed by atoms with Gasteiger partial charge in [-0.1, -0.05) is 0 Å². The van der Waals surface area contributed by atoms with E-state index in [0.717, 1.165) is 18.2 Å². The molecule has 110 valence electrons. The summed E-state index contributed by atoms with van der Waals surface area (Å²) in [6, 6.07) is 5.60. The first-order valence-corrected chi connectivity index (χ1v) is 5.94. The Morgan fingerprint density at radius 2 is 2.00 bits per heavy atom. The Morgan fingerprint density at radius 3 is 2.67 bits per heavy atom. The van der Waals surface area contributed by atoms with Crippen LogP contribution in [0.2, 0.25) is 0 Å². The van der Waals surface area contributed by atoms with Crippen molar-refractivity contribution in [3.63, 3.8) is 0 Å². The summed E-state index contributed by atoms with van der Waals surface area (Å²) in [7, 11) is 0. The van der Waals surface area contributed by atoms with Gasteiger partial charge in [-0.2, -0.15) is 0 Å². The van der Waals surface area contributed by atoms with Gasteiger partial charge in [0.2, 0.25) is 5.76 Å². The summed E-state index contributed by atoms with van der Waals surface area (Å²) >= 11 is 0. The fourth-order valence-electron chi connectivity index (χ4n) is 1.53. The Hall–Kier alpha value is -2.70. The number of aryl methyl sites for hydroxylation is 1. The Bertz CT molecular complexity index is 681. The monoisotopic (exact) mass is 295 g/mol. The highest BCUT2D eigenvalue weighted by Gasteiger charge is 2.14. The van der Waals surface area contributed by atoms with Crippen molar-refractivity contribution in [3.8, 4) is 0 Å². The van der Waals surface area contributed by atoms with Gasteiger partial charge in [0.15, 0.2) is 6.61 Å². The lowest BCUT2D eigenvalue weighted by atomic mass is 10.3. The van der Waals surface area contributed by atoms with Crippen molar-refractivity contribution in [3.05, 3.63) is 53.5 Å². The lowest BCUT2D eigenvalue weighted by molar-refractivity contribution is -0.119. The highest BCUT2D eigenvalue weighted by molar-refractivity contribution is 5.94. The quantitative estimate of drug-likeness (QED) is 0.880. The molecule has 21 heavy (non-hydrogen) atoms. The highest BCUT2D eigenvalue weighted by Crippen LogP contribution is 2.15. The summed E-state index contributed by atoms with van der Waals surface area (Å²) in [5.41, 5.74) is -0.329. The zero-order chi connectivity index (χ0) is 15.4. The molecule has 2 rings (SSSR count). The number of nitrogens with one attached hydrogen (secondary N) is 1. The van der Waals surface area contributed by atoms with E-state index in [4.69, 9.17) is 4.42 Å². The van der Waals surface area contributed by atoms with Crippen molar-refractivity contribution in [2.24, 2.45) is 0 Å². The average molecular weight is 295 g/mol. The summed E-state index contributed by atoms with van der Waals surface area (Å²) in [5.74, 6) is -2.63. The van der Waals surface area contributed by atoms with Crippen LogP contribution in [-0.2, 0) is 9.53 Å². The number of amides is 1. The molecule has 7 heteroatoms. The van der Waals surface area contributed by atoms with Gasteiger partial charge in [0.05, 0.1) is 5.69 Å². The van der Waals surface area contributed by atoms with Crippen LogP contribution in [0.4, 0.5) is 14.5 Å². The van der Waals surface area contributed by atoms with E-state index >= 15 is 0 Å². The highest BCUT2D eigenvalue weighted by atomic mass is 19.1. The molecule has 0 radical (unpaired) electrons. The third-order valence-corrected chi connectivity index (χ3v) is 2.48. The topological polar surface area (TPSA) is 68.5 Å². The molecule has 0 saturated heterocycles. The minimum Gasteiger partial charge on any atom is -0.454 e. The SMILES string of the molecule is Cc1ccc(C(=O)OCC(=O)Nc2cc(F)ccc2F)o1. The molecule has 1 heterocycles. The van der Waals surface area contributed by atoms with Gasteiger partial charge in [-0.25, -0.2) is 13.6 Å². The molecule has 1 N–H and O–H groups in total. The zero-order valence-corrected chi connectivity index (χ0v) is 11.0. The normalized spacial score (nSPS) is 10.2. The fourth-order valence-corrected chi connectivity index (χ4v) is 1.53. The number of carbonyl (C=O) groups is 2. The number of anilines is 1. The number of hydrogen-bond acceptors (Lipinski definition) is 4. The summed E-state index contributed by atoms with van der Waals surface area (Å²) < 4.78 is 35.9. The molecule has 0 aliphatic carbocycles. The van der Waals surface area contributed by atoms with Crippen LogP contribution in [0.1, 0.15) is 16.3 Å². The smallest absolute Gasteiger partial charge is 0.374 e. The van der Waals surface area contributed by atoms with Crippen molar-refractivity contribution in [2.75, 3.05) is 11.9 Å². The second-order valence-electron chi connectivity index (χ2n) is 4.16. The third kappa shape index (κ3) is 3.88. The molecule has 1 aromatic heterocycles. The Morgan fingerprint density at radius 1 is 1.24 bits per heavy atom. The molecule has 1 aromatic carbocycles. The Balaban J connectivity index is 1.90. The van der Waals surface area contributed by atoms with E-state index in [1.54, 1.807) is 13.0 Å². The first-order valence-electron chi connectivity index (χ1n) is 5.94. The van der Waals surface area contributed by atoms with Gasteiger partial charge in [-0.3, -0.25) is 4.79 Å². The molecule has 0 aliphatic heterocycles. The van der Waals surface area contributed by atoms with E-state index in [2.05, 4.69) is 10.1 Å². The molecule has 0 fully saturated rings. The molecule has 0 aliphatic rings. The fraction of sp³-hybridized carbons (Fsp3) is 0.143. The molecule has 5 nitrogen and oxygen atoms in total. The first-order chi connectivity index (χ1) is 9.95. The molecule has 1 amide bonds. The number of benzene rings is 1. The van der Waals surface area contributed by atoms with Gasteiger partial charge in [0, 0.05) is 6.07 Å². The number of esters is 1. The van der Waals surface area contributed by atoms with Crippen LogP contribution in [-0.4, -0.2) is 18.5 Å². The van der Waals surface area contributed by atoms with Crippen molar-refractivity contribution >= 4 is 17.6 Å². The number of carbonyl (C=O) groups excluding carboxylic acids is 2. The van der Waals surface area contributed by atoms with Crippen LogP contribution < -0.4 is 5.32 Å². The Labute approximate surface area is 118 Å². The minimum absolute atomic E-state index is 0.0442. The molecular weight excluding hydrogens is 284 g/mol. The predicted octanol–water partition coefficient (Wildman–Crippen LogP) is 2.66. The van der Waals surface area contributed by atoms with Crippen molar-refractivity contribution in [2.45, 2.75) is 6.92 Å². The molecular formula is C14H11F2NO4. The summed E-state index contributed by atoms with van der Waals surface area (Å²) in [6.45, 7) is 1.00. The minimum atomic E-state index is -0.821. The maximum absolute atomic E-state index is 13.3. The first kappa shape index (κ1) is 14.7. The van der Waals surface area contributed by atoms with Crippen molar-refractivity contribution in [1.82, 2.24) is 0 Å². The second kappa shape index (κ2) is 6.17. The number of ether oxygens (including phenoxy) is 1. The number of hydrogen-bond donors (Lipinski definition) is 1. The van der Waals surface area contributed by atoms with Crippen molar-refractivity contribution < 1.29 is 27.5 Å². The van der Waals surface area contributed by atoms with Crippen LogP contribution in [0.3, 0.4) is 0 Å². The van der Waals surface area contributed by atoms with Crippen LogP contribution >= 0.6 is 0 Å². The van der Waals surface area contributed by atoms with E-state index in [1.165, 1.54) is 6.07 Å². The van der Waals surface area contributed by atoms with Gasteiger partial charge < -0.3 is 14.5 Å². The standard InChI is InChI=1S/C14H11F2NO4/c1-8-2-5-12(21-8)14(19)20-7-13(18)17-11-6-9(15)3-4-10(11)16/h2-6H,7H2,1H3,(H,17,18). The molecule has 2 aromatic rings. The van der Waals surface area contributed by atoms with E-state index in [9.17, 15) is 18.4 Å². The maximum Gasteiger partial charge on any atom is 0.374 e. The number of halogens is 2.